The molecular formula is C19H20N4O2. The number of aryl methyl sites for hydroxylation is 1. The quantitative estimate of drug-likeness (QED) is 0.714. The number of hydrogen-bond donors (Lipinski definition) is 2. The zero-order valence-corrected chi connectivity index (χ0v) is 14.2. The van der Waals surface area contributed by atoms with Gasteiger partial charge < -0.3 is 14.8 Å². The second-order valence-electron chi connectivity index (χ2n) is 5.82. The summed E-state index contributed by atoms with van der Waals surface area (Å²) in [7, 11) is 1.88. The van der Waals surface area contributed by atoms with E-state index in [0.717, 1.165) is 16.7 Å². The Balaban J connectivity index is 1.80. The van der Waals surface area contributed by atoms with Gasteiger partial charge in [-0.15, -0.1) is 0 Å². The van der Waals surface area contributed by atoms with E-state index in [2.05, 4.69) is 21.9 Å². The molecule has 2 atom stereocenters. The summed E-state index contributed by atoms with van der Waals surface area (Å²) in [4.78, 5) is 4.11. The molecule has 3 rings (SSSR count). The van der Waals surface area contributed by atoms with E-state index in [0.29, 0.717) is 5.82 Å². The van der Waals surface area contributed by atoms with Crippen molar-refractivity contribution in [3.05, 3.63) is 60.4 Å². The van der Waals surface area contributed by atoms with Gasteiger partial charge in [-0.1, -0.05) is 24.0 Å². The molecule has 0 amide bonds. The van der Waals surface area contributed by atoms with Crippen LogP contribution in [0.15, 0.2) is 49.1 Å². The van der Waals surface area contributed by atoms with E-state index in [-0.39, 0.29) is 6.61 Å². The molecule has 0 aliphatic heterocycles. The first-order valence-corrected chi connectivity index (χ1v) is 8.00. The molecule has 6 heteroatoms. The minimum atomic E-state index is -0.718. The molecule has 0 saturated heterocycles. The second-order valence-corrected chi connectivity index (χ2v) is 5.82. The van der Waals surface area contributed by atoms with Crippen molar-refractivity contribution < 1.29 is 10.2 Å². The van der Waals surface area contributed by atoms with Crippen LogP contribution in [0.5, 0.6) is 0 Å². The van der Waals surface area contributed by atoms with E-state index < -0.39 is 12.1 Å². The summed E-state index contributed by atoms with van der Waals surface area (Å²) in [5, 5.41) is 23.5. The van der Waals surface area contributed by atoms with E-state index in [1.807, 2.05) is 43.7 Å². The van der Waals surface area contributed by atoms with Gasteiger partial charge in [0, 0.05) is 36.8 Å². The summed E-state index contributed by atoms with van der Waals surface area (Å²) in [5.41, 5.74) is 2.98. The fourth-order valence-corrected chi connectivity index (χ4v) is 2.60. The van der Waals surface area contributed by atoms with Crippen LogP contribution in [0.4, 0.5) is 0 Å². The summed E-state index contributed by atoms with van der Waals surface area (Å²) < 4.78 is 3.46. The van der Waals surface area contributed by atoms with Crippen LogP contribution in [-0.4, -0.2) is 36.2 Å². The lowest BCUT2D eigenvalue weighted by atomic mass is 10.1. The maximum absolute atomic E-state index is 9.74. The molecule has 0 spiro atoms. The number of hydrogen-bond acceptors (Lipinski definition) is 4. The average Bonchev–Trinajstić information content (AvgIpc) is 3.25. The summed E-state index contributed by atoms with van der Waals surface area (Å²) in [6.45, 7) is 1.48. The molecule has 128 valence electrons. The third-order valence-corrected chi connectivity index (χ3v) is 3.89. The molecule has 6 nitrogen and oxygen atoms in total. The van der Waals surface area contributed by atoms with E-state index in [1.54, 1.807) is 28.6 Å². The predicted octanol–water partition coefficient (Wildman–Crippen LogP) is 1.92. The number of imidazole rings is 1. The smallest absolute Gasteiger partial charge is 0.138 e. The van der Waals surface area contributed by atoms with E-state index in [4.69, 9.17) is 0 Å². The number of aromatic nitrogens is 4. The van der Waals surface area contributed by atoms with Crippen LogP contribution in [0.25, 0.3) is 11.1 Å². The molecule has 0 saturated carbocycles. The molecule has 3 aromatic rings. The van der Waals surface area contributed by atoms with Gasteiger partial charge in [0.05, 0.1) is 12.8 Å². The van der Waals surface area contributed by atoms with Crippen LogP contribution in [0.3, 0.4) is 0 Å². The maximum atomic E-state index is 9.74. The van der Waals surface area contributed by atoms with Gasteiger partial charge in [0.25, 0.3) is 0 Å². The molecule has 1 aromatic carbocycles. The topological polar surface area (TPSA) is 76.1 Å². The lowest BCUT2D eigenvalue weighted by molar-refractivity contribution is 0.176. The van der Waals surface area contributed by atoms with Crippen molar-refractivity contribution in [2.75, 3.05) is 6.61 Å². The Kier molecular flexibility index (Phi) is 4.98. The molecule has 0 fully saturated rings. The van der Waals surface area contributed by atoms with Crippen molar-refractivity contribution in [3.63, 3.8) is 0 Å². The third-order valence-electron chi connectivity index (χ3n) is 3.89. The molecule has 0 bridgehead atoms. The highest BCUT2D eigenvalue weighted by Crippen LogP contribution is 2.19. The van der Waals surface area contributed by atoms with Crippen LogP contribution in [0.2, 0.25) is 0 Å². The fraction of sp³-hybridized carbons (Fsp3) is 0.263. The Hall–Kier alpha value is -2.88. The van der Waals surface area contributed by atoms with Gasteiger partial charge in [0.1, 0.15) is 18.0 Å². The molecule has 2 aromatic heterocycles. The SMILES string of the molecule is C[C@H](O)c1nccn1[C@@H](C#Cc1ccc(-c2cnn(C)c2)cc1)CO. The Morgan fingerprint density at radius 2 is 1.96 bits per heavy atom. The van der Waals surface area contributed by atoms with E-state index in [9.17, 15) is 10.2 Å². The standard InChI is InChI=1S/C19H20N4O2/c1-14(25)19-20-9-10-23(19)18(13-24)8-5-15-3-6-16(7-4-15)17-11-21-22(2)12-17/h3-4,6-7,9-12,14,18,24-25H,13H2,1-2H3/t14-,18-/m0/s1. The highest BCUT2D eigenvalue weighted by atomic mass is 16.3. The van der Waals surface area contributed by atoms with Gasteiger partial charge in [-0.25, -0.2) is 4.98 Å². The predicted molar refractivity (Wildman–Crippen MR) is 94.5 cm³/mol. The van der Waals surface area contributed by atoms with Crippen LogP contribution in [-0.2, 0) is 7.05 Å². The van der Waals surface area contributed by atoms with Crippen LogP contribution in [0, 0.1) is 11.8 Å². The summed E-state index contributed by atoms with van der Waals surface area (Å²) >= 11 is 0. The maximum Gasteiger partial charge on any atom is 0.138 e. The number of rotatable bonds is 4. The fourth-order valence-electron chi connectivity index (χ4n) is 2.60. The summed E-state index contributed by atoms with van der Waals surface area (Å²) in [5.74, 6) is 6.60. The minimum Gasteiger partial charge on any atom is -0.393 e. The van der Waals surface area contributed by atoms with Crippen molar-refractivity contribution in [1.82, 2.24) is 19.3 Å². The first kappa shape index (κ1) is 17.0. The highest BCUT2D eigenvalue weighted by molar-refractivity contribution is 5.62. The Morgan fingerprint density at radius 3 is 2.56 bits per heavy atom. The van der Waals surface area contributed by atoms with Crippen LogP contribution >= 0.6 is 0 Å². The van der Waals surface area contributed by atoms with Crippen molar-refractivity contribution in [2.24, 2.45) is 7.05 Å². The zero-order valence-electron chi connectivity index (χ0n) is 14.2. The highest BCUT2D eigenvalue weighted by Gasteiger charge is 2.14. The van der Waals surface area contributed by atoms with Crippen molar-refractivity contribution in [1.29, 1.82) is 0 Å². The first-order valence-electron chi connectivity index (χ1n) is 8.00. The molecule has 0 unspecified atom stereocenters. The largest absolute Gasteiger partial charge is 0.393 e. The van der Waals surface area contributed by atoms with Crippen LogP contribution < -0.4 is 0 Å². The van der Waals surface area contributed by atoms with Gasteiger partial charge in [-0.3, -0.25) is 4.68 Å². The lowest BCUT2D eigenvalue weighted by Crippen LogP contribution is -2.15. The molecule has 2 heterocycles. The Morgan fingerprint density at radius 1 is 1.20 bits per heavy atom. The zero-order chi connectivity index (χ0) is 17.8. The van der Waals surface area contributed by atoms with Gasteiger partial charge in [0.15, 0.2) is 0 Å². The molecular weight excluding hydrogens is 316 g/mol. The number of aliphatic hydroxyl groups excluding tert-OH is 2. The average molecular weight is 336 g/mol. The van der Waals surface area contributed by atoms with Crippen molar-refractivity contribution in [3.8, 4) is 23.0 Å². The molecule has 25 heavy (non-hydrogen) atoms. The Bertz CT molecular complexity index is 897. The third kappa shape index (κ3) is 3.79. The summed E-state index contributed by atoms with van der Waals surface area (Å²) in [6, 6.07) is 7.41. The van der Waals surface area contributed by atoms with Crippen LogP contribution in [0.1, 0.15) is 30.5 Å². The van der Waals surface area contributed by atoms with E-state index >= 15 is 0 Å². The monoisotopic (exact) mass is 336 g/mol. The number of benzene rings is 1. The van der Waals surface area contributed by atoms with Gasteiger partial charge in [-0.05, 0) is 24.6 Å². The van der Waals surface area contributed by atoms with Gasteiger partial charge in [0.2, 0.25) is 0 Å². The van der Waals surface area contributed by atoms with Gasteiger partial charge >= 0.3 is 0 Å². The molecule has 2 N–H and O–H groups in total. The molecule has 0 aliphatic rings. The molecule has 0 radical (unpaired) electrons. The van der Waals surface area contributed by atoms with Crippen molar-refractivity contribution in [2.45, 2.75) is 19.1 Å². The number of aliphatic hydroxyl groups is 2. The second kappa shape index (κ2) is 7.34. The number of nitrogens with zero attached hydrogens (tertiary/aromatic N) is 4. The summed E-state index contributed by atoms with van der Waals surface area (Å²) in [6.07, 6.45) is 6.36. The van der Waals surface area contributed by atoms with E-state index in [1.165, 1.54) is 0 Å². The molecule has 0 aliphatic carbocycles. The Labute approximate surface area is 146 Å². The van der Waals surface area contributed by atoms with Crippen molar-refractivity contribution >= 4 is 0 Å². The first-order chi connectivity index (χ1) is 12.1. The minimum absolute atomic E-state index is 0.156. The van der Waals surface area contributed by atoms with Gasteiger partial charge in [-0.2, -0.15) is 5.10 Å². The normalized spacial score (nSPS) is 13.1. The lowest BCUT2D eigenvalue weighted by Gasteiger charge is -2.14.